The SMILES string of the molecule is CCc1ccc(N2CCN(C(=O)[C@H]3CC(n4cc(-c5cc(OC)ccc5C)nn4)CN3C(=O)OC(C)(C)C)CC2)cc1Cl. The van der Waals surface area contributed by atoms with Gasteiger partial charge in [-0.3, -0.25) is 9.69 Å². The number of piperazine rings is 1. The summed E-state index contributed by atoms with van der Waals surface area (Å²) < 4.78 is 12.9. The average Bonchev–Trinajstić information content (AvgIpc) is 3.64. The third kappa shape index (κ3) is 6.74. The number of aromatic nitrogens is 3. The Morgan fingerprint density at radius 2 is 1.81 bits per heavy atom. The summed E-state index contributed by atoms with van der Waals surface area (Å²) in [6.07, 6.45) is 2.68. The van der Waals surface area contributed by atoms with Gasteiger partial charge >= 0.3 is 6.09 Å². The number of aryl methyl sites for hydroxylation is 2. The van der Waals surface area contributed by atoms with Crippen molar-refractivity contribution in [2.24, 2.45) is 0 Å². The van der Waals surface area contributed by atoms with E-state index in [1.54, 1.807) is 16.7 Å². The molecule has 0 radical (unpaired) electrons. The lowest BCUT2D eigenvalue weighted by molar-refractivity contribution is -0.136. The number of carbonyl (C=O) groups is 2. The minimum Gasteiger partial charge on any atom is -0.497 e. The number of nitrogens with zero attached hydrogens (tertiary/aromatic N) is 6. The van der Waals surface area contributed by atoms with Crippen molar-refractivity contribution >= 4 is 29.3 Å². The van der Waals surface area contributed by atoms with E-state index in [0.29, 0.717) is 44.8 Å². The smallest absolute Gasteiger partial charge is 0.411 e. The number of methoxy groups -OCH3 is 1. The third-order valence-corrected chi connectivity index (χ3v) is 8.52. The average molecular weight is 609 g/mol. The van der Waals surface area contributed by atoms with E-state index in [1.807, 2.05) is 63.1 Å². The normalized spacial score (nSPS) is 19.1. The minimum absolute atomic E-state index is 0.0728. The second-order valence-electron chi connectivity index (χ2n) is 12.2. The van der Waals surface area contributed by atoms with Crippen LogP contribution < -0.4 is 9.64 Å². The quantitative estimate of drug-likeness (QED) is 0.371. The number of carbonyl (C=O) groups excluding carboxylic acids is 2. The molecule has 230 valence electrons. The predicted molar refractivity (Wildman–Crippen MR) is 167 cm³/mol. The second-order valence-corrected chi connectivity index (χ2v) is 12.7. The Balaban J connectivity index is 1.32. The van der Waals surface area contributed by atoms with Gasteiger partial charge in [-0.15, -0.1) is 5.10 Å². The van der Waals surface area contributed by atoms with Crippen molar-refractivity contribution in [3.05, 3.63) is 58.7 Å². The minimum atomic E-state index is -0.687. The van der Waals surface area contributed by atoms with E-state index < -0.39 is 17.7 Å². The molecule has 0 saturated carbocycles. The van der Waals surface area contributed by atoms with E-state index in [0.717, 1.165) is 39.6 Å². The van der Waals surface area contributed by atoms with Crippen LogP contribution in [0.15, 0.2) is 42.6 Å². The second kappa shape index (κ2) is 12.4. The molecule has 43 heavy (non-hydrogen) atoms. The first-order valence-corrected chi connectivity index (χ1v) is 15.2. The van der Waals surface area contributed by atoms with Crippen LogP contribution in [0, 0.1) is 6.92 Å². The van der Waals surface area contributed by atoms with Crippen molar-refractivity contribution in [1.29, 1.82) is 0 Å². The summed E-state index contributed by atoms with van der Waals surface area (Å²) in [6.45, 7) is 12.4. The van der Waals surface area contributed by atoms with Gasteiger partial charge in [0.25, 0.3) is 0 Å². The number of hydrogen-bond acceptors (Lipinski definition) is 7. The molecule has 3 heterocycles. The zero-order chi connectivity index (χ0) is 30.9. The number of likely N-dealkylation sites (tertiary alicyclic amines) is 1. The summed E-state index contributed by atoms with van der Waals surface area (Å²) >= 11 is 6.47. The monoisotopic (exact) mass is 608 g/mol. The molecule has 11 heteroatoms. The first-order valence-electron chi connectivity index (χ1n) is 14.9. The Morgan fingerprint density at radius 1 is 1.07 bits per heavy atom. The molecule has 2 amide bonds. The number of rotatable bonds is 6. The van der Waals surface area contributed by atoms with E-state index in [-0.39, 0.29) is 11.9 Å². The topological polar surface area (TPSA) is 93.0 Å². The molecule has 2 aliphatic heterocycles. The largest absolute Gasteiger partial charge is 0.497 e. The Bertz CT molecular complexity index is 1480. The van der Waals surface area contributed by atoms with Gasteiger partial charge < -0.3 is 19.3 Å². The summed E-state index contributed by atoms with van der Waals surface area (Å²) in [5.74, 6) is 0.662. The van der Waals surface area contributed by atoms with E-state index in [1.165, 1.54) is 0 Å². The Labute approximate surface area is 258 Å². The van der Waals surface area contributed by atoms with Crippen molar-refractivity contribution in [2.75, 3.05) is 44.7 Å². The molecule has 2 saturated heterocycles. The van der Waals surface area contributed by atoms with Crippen LogP contribution in [0.1, 0.15) is 51.3 Å². The summed E-state index contributed by atoms with van der Waals surface area (Å²) in [5, 5.41) is 9.60. The number of benzene rings is 2. The van der Waals surface area contributed by atoms with Crippen molar-refractivity contribution in [3.8, 4) is 17.0 Å². The number of ether oxygens (including phenoxy) is 2. The number of amides is 2. The summed E-state index contributed by atoms with van der Waals surface area (Å²) in [5.41, 5.74) is 4.16. The number of hydrogen-bond donors (Lipinski definition) is 0. The number of anilines is 1. The van der Waals surface area contributed by atoms with Crippen LogP contribution in [0.3, 0.4) is 0 Å². The van der Waals surface area contributed by atoms with Crippen LogP contribution in [0.2, 0.25) is 5.02 Å². The van der Waals surface area contributed by atoms with Crippen molar-refractivity contribution < 1.29 is 19.1 Å². The van der Waals surface area contributed by atoms with Gasteiger partial charge in [0.1, 0.15) is 23.1 Å². The van der Waals surface area contributed by atoms with E-state index in [9.17, 15) is 9.59 Å². The van der Waals surface area contributed by atoms with Gasteiger partial charge in [-0.25, -0.2) is 9.48 Å². The maximum absolute atomic E-state index is 14.0. The van der Waals surface area contributed by atoms with Gasteiger partial charge in [0.05, 0.1) is 19.3 Å². The van der Waals surface area contributed by atoms with Crippen molar-refractivity contribution in [2.45, 2.75) is 65.1 Å². The molecule has 10 nitrogen and oxygen atoms in total. The molecule has 0 spiro atoms. The lowest BCUT2D eigenvalue weighted by Gasteiger charge is -2.38. The van der Waals surface area contributed by atoms with Crippen LogP contribution in [0.5, 0.6) is 5.75 Å². The fourth-order valence-electron chi connectivity index (χ4n) is 5.76. The highest BCUT2D eigenvalue weighted by Gasteiger charge is 2.44. The van der Waals surface area contributed by atoms with E-state index in [4.69, 9.17) is 21.1 Å². The molecule has 0 aliphatic carbocycles. The lowest BCUT2D eigenvalue weighted by atomic mass is 10.1. The van der Waals surface area contributed by atoms with E-state index >= 15 is 0 Å². The van der Waals surface area contributed by atoms with Gasteiger partial charge in [-0.2, -0.15) is 0 Å². The van der Waals surface area contributed by atoms with Crippen molar-refractivity contribution in [1.82, 2.24) is 24.8 Å². The van der Waals surface area contributed by atoms with Gasteiger partial charge in [-0.05, 0) is 69.5 Å². The fraction of sp³-hybridized carbons (Fsp3) is 0.500. The van der Waals surface area contributed by atoms with Gasteiger partial charge in [0.2, 0.25) is 5.91 Å². The van der Waals surface area contributed by atoms with Gasteiger partial charge in [0.15, 0.2) is 0 Å². The van der Waals surface area contributed by atoms with Crippen molar-refractivity contribution in [3.63, 3.8) is 0 Å². The standard InChI is InChI=1S/C32H41ClN6O4/c1-7-22-9-10-23(16-27(22)33)36-12-14-37(15-13-36)30(40)29-17-24(19-38(29)31(41)43-32(3,4)5)39-20-28(34-35-39)26-18-25(42-6)11-8-21(26)2/h8-11,16,18,20,24,29H,7,12-15,17,19H2,1-6H3/t24?,29-/m1/s1. The van der Waals surface area contributed by atoms with Crippen LogP contribution in [-0.2, 0) is 16.0 Å². The Hall–Kier alpha value is -3.79. The first-order chi connectivity index (χ1) is 20.5. The fourth-order valence-corrected chi connectivity index (χ4v) is 6.07. The Morgan fingerprint density at radius 3 is 2.47 bits per heavy atom. The van der Waals surface area contributed by atoms with Crippen LogP contribution in [0.4, 0.5) is 10.5 Å². The van der Waals surface area contributed by atoms with E-state index in [2.05, 4.69) is 34.3 Å². The molecule has 0 bridgehead atoms. The maximum atomic E-state index is 14.0. The predicted octanol–water partition coefficient (Wildman–Crippen LogP) is 5.38. The summed E-state index contributed by atoms with van der Waals surface area (Å²) in [7, 11) is 1.63. The molecule has 5 rings (SSSR count). The molecular formula is C32H41ClN6O4. The molecule has 0 N–H and O–H groups in total. The highest BCUT2D eigenvalue weighted by atomic mass is 35.5. The lowest BCUT2D eigenvalue weighted by Crippen LogP contribution is -2.54. The first kappa shape index (κ1) is 30.7. The van der Waals surface area contributed by atoms with Crippen LogP contribution in [0.25, 0.3) is 11.3 Å². The zero-order valence-electron chi connectivity index (χ0n) is 25.8. The highest BCUT2D eigenvalue weighted by molar-refractivity contribution is 6.31. The Kier molecular flexibility index (Phi) is 8.87. The third-order valence-electron chi connectivity index (χ3n) is 8.17. The molecule has 1 aromatic heterocycles. The molecule has 1 unspecified atom stereocenters. The molecule has 2 atom stereocenters. The van der Waals surface area contributed by atoms with Gasteiger partial charge in [0, 0.05) is 55.4 Å². The van der Waals surface area contributed by atoms with Crippen LogP contribution in [-0.4, -0.2) is 88.3 Å². The van der Waals surface area contributed by atoms with Gasteiger partial charge in [-0.1, -0.05) is 35.9 Å². The molecule has 2 fully saturated rings. The zero-order valence-corrected chi connectivity index (χ0v) is 26.6. The molecule has 2 aliphatic rings. The number of halogens is 1. The molecular weight excluding hydrogens is 568 g/mol. The highest BCUT2D eigenvalue weighted by Crippen LogP contribution is 2.33. The molecule has 3 aromatic rings. The van der Waals surface area contributed by atoms with Crippen LogP contribution >= 0.6 is 11.6 Å². The summed E-state index contributed by atoms with van der Waals surface area (Å²) in [4.78, 5) is 33.0. The maximum Gasteiger partial charge on any atom is 0.411 e. The molecule has 2 aromatic carbocycles. The summed E-state index contributed by atoms with van der Waals surface area (Å²) in [6, 6.07) is 11.1.